The lowest BCUT2D eigenvalue weighted by Gasteiger charge is -2.09. The second-order valence-electron chi connectivity index (χ2n) is 5.84. The summed E-state index contributed by atoms with van der Waals surface area (Å²) in [6.07, 6.45) is 0. The number of amides is 2. The number of rotatable bonds is 8. The fraction of sp³-hybridized carbons (Fsp3) is 0.333. The highest BCUT2D eigenvalue weighted by Gasteiger charge is 2.15. The number of carbonyl (C=O) groups excluding carboxylic acids is 3. The summed E-state index contributed by atoms with van der Waals surface area (Å²) in [5.41, 5.74) is 0.963. The van der Waals surface area contributed by atoms with E-state index >= 15 is 0 Å². The van der Waals surface area contributed by atoms with Crippen LogP contribution in [0.1, 0.15) is 24.3 Å². The SMILES string of the molecule is COc1ccc(-c2nc(C(=O)OCC(=O)NCC(=O)NC(C)C)cs2)cc1. The number of hydrogen-bond acceptors (Lipinski definition) is 7. The maximum absolute atomic E-state index is 12.0. The maximum atomic E-state index is 12.0. The minimum Gasteiger partial charge on any atom is -0.497 e. The molecule has 0 aliphatic heterocycles. The summed E-state index contributed by atoms with van der Waals surface area (Å²) in [6, 6.07) is 7.25. The predicted octanol–water partition coefficient (Wildman–Crippen LogP) is 1.62. The van der Waals surface area contributed by atoms with E-state index in [0.717, 1.165) is 11.3 Å². The third-order valence-corrected chi connectivity index (χ3v) is 4.17. The van der Waals surface area contributed by atoms with Gasteiger partial charge in [-0.1, -0.05) is 0 Å². The predicted molar refractivity (Wildman–Crippen MR) is 101 cm³/mol. The molecule has 0 atom stereocenters. The van der Waals surface area contributed by atoms with Crippen molar-refractivity contribution in [3.8, 4) is 16.3 Å². The monoisotopic (exact) mass is 391 g/mol. The Labute approximate surface area is 160 Å². The Hall–Kier alpha value is -2.94. The molecular weight excluding hydrogens is 370 g/mol. The van der Waals surface area contributed by atoms with Crippen molar-refractivity contribution in [2.24, 2.45) is 0 Å². The Bertz CT molecular complexity index is 802. The summed E-state index contributed by atoms with van der Waals surface area (Å²) in [5.74, 6) is -0.850. The lowest BCUT2D eigenvalue weighted by molar-refractivity contribution is -0.128. The number of esters is 1. The van der Waals surface area contributed by atoms with Crippen LogP contribution in [0.4, 0.5) is 0 Å². The molecule has 0 saturated carbocycles. The van der Waals surface area contributed by atoms with Crippen molar-refractivity contribution >= 4 is 29.1 Å². The molecule has 1 heterocycles. The molecule has 0 radical (unpaired) electrons. The average Bonchev–Trinajstić information content (AvgIpc) is 3.14. The van der Waals surface area contributed by atoms with Crippen LogP contribution in [0.5, 0.6) is 5.75 Å². The third-order valence-electron chi connectivity index (χ3n) is 3.28. The van der Waals surface area contributed by atoms with Gasteiger partial charge in [-0.15, -0.1) is 11.3 Å². The molecule has 0 spiro atoms. The second kappa shape index (κ2) is 9.67. The lowest BCUT2D eigenvalue weighted by Crippen LogP contribution is -2.41. The molecule has 0 bridgehead atoms. The molecule has 0 fully saturated rings. The van der Waals surface area contributed by atoms with Crippen molar-refractivity contribution in [2.45, 2.75) is 19.9 Å². The number of carbonyl (C=O) groups is 3. The van der Waals surface area contributed by atoms with E-state index in [-0.39, 0.29) is 24.2 Å². The van der Waals surface area contributed by atoms with Crippen molar-refractivity contribution in [3.05, 3.63) is 35.3 Å². The smallest absolute Gasteiger partial charge is 0.358 e. The van der Waals surface area contributed by atoms with Gasteiger partial charge in [-0.05, 0) is 38.1 Å². The lowest BCUT2D eigenvalue weighted by atomic mass is 10.2. The van der Waals surface area contributed by atoms with Gasteiger partial charge in [0.25, 0.3) is 5.91 Å². The summed E-state index contributed by atoms with van der Waals surface area (Å²) in [7, 11) is 1.58. The second-order valence-corrected chi connectivity index (χ2v) is 6.70. The van der Waals surface area contributed by atoms with Gasteiger partial charge < -0.3 is 20.1 Å². The quantitative estimate of drug-likeness (QED) is 0.662. The van der Waals surface area contributed by atoms with Gasteiger partial charge >= 0.3 is 5.97 Å². The molecular formula is C18H21N3O5S. The molecule has 2 aromatic rings. The highest BCUT2D eigenvalue weighted by atomic mass is 32.1. The van der Waals surface area contributed by atoms with Crippen LogP contribution in [-0.4, -0.2) is 49.1 Å². The highest BCUT2D eigenvalue weighted by Crippen LogP contribution is 2.25. The molecule has 0 unspecified atom stereocenters. The average molecular weight is 391 g/mol. The molecule has 27 heavy (non-hydrogen) atoms. The zero-order valence-corrected chi connectivity index (χ0v) is 16.1. The number of nitrogens with zero attached hydrogens (tertiary/aromatic N) is 1. The Morgan fingerprint density at radius 2 is 1.85 bits per heavy atom. The van der Waals surface area contributed by atoms with E-state index in [9.17, 15) is 14.4 Å². The highest BCUT2D eigenvalue weighted by molar-refractivity contribution is 7.13. The summed E-state index contributed by atoms with van der Waals surface area (Å²) >= 11 is 1.29. The number of aromatic nitrogens is 1. The molecule has 2 N–H and O–H groups in total. The first-order valence-electron chi connectivity index (χ1n) is 8.22. The van der Waals surface area contributed by atoms with Crippen molar-refractivity contribution in [3.63, 3.8) is 0 Å². The molecule has 144 valence electrons. The normalized spacial score (nSPS) is 10.4. The van der Waals surface area contributed by atoms with Crippen LogP contribution in [0.25, 0.3) is 10.6 Å². The number of methoxy groups -OCH3 is 1. The van der Waals surface area contributed by atoms with E-state index in [1.165, 1.54) is 11.3 Å². The van der Waals surface area contributed by atoms with Crippen LogP contribution in [0, 0.1) is 0 Å². The molecule has 2 amide bonds. The van der Waals surface area contributed by atoms with Crippen LogP contribution in [-0.2, 0) is 14.3 Å². The molecule has 0 saturated heterocycles. The molecule has 2 rings (SSSR count). The van der Waals surface area contributed by atoms with Gasteiger partial charge in [-0.3, -0.25) is 9.59 Å². The van der Waals surface area contributed by atoms with Gasteiger partial charge in [0.05, 0.1) is 13.7 Å². The van der Waals surface area contributed by atoms with E-state index in [1.54, 1.807) is 24.6 Å². The minimum absolute atomic E-state index is 0.0169. The zero-order valence-electron chi connectivity index (χ0n) is 15.3. The Balaban J connectivity index is 1.83. The molecule has 8 nitrogen and oxygen atoms in total. The van der Waals surface area contributed by atoms with Crippen LogP contribution in [0.15, 0.2) is 29.6 Å². The first kappa shape index (κ1) is 20.4. The van der Waals surface area contributed by atoms with Gasteiger partial charge in [-0.25, -0.2) is 9.78 Å². The topological polar surface area (TPSA) is 107 Å². The van der Waals surface area contributed by atoms with E-state index in [1.807, 2.05) is 26.0 Å². The van der Waals surface area contributed by atoms with E-state index in [2.05, 4.69) is 15.6 Å². The van der Waals surface area contributed by atoms with Gasteiger partial charge in [0.2, 0.25) is 5.91 Å². The fourth-order valence-electron chi connectivity index (χ4n) is 2.04. The molecule has 9 heteroatoms. The van der Waals surface area contributed by atoms with Crippen LogP contribution >= 0.6 is 11.3 Å². The largest absolute Gasteiger partial charge is 0.497 e. The number of benzene rings is 1. The number of nitrogens with one attached hydrogen (secondary N) is 2. The zero-order chi connectivity index (χ0) is 19.8. The van der Waals surface area contributed by atoms with Crippen molar-refractivity contribution in [1.29, 1.82) is 0 Å². The van der Waals surface area contributed by atoms with Gasteiger partial charge in [-0.2, -0.15) is 0 Å². The summed E-state index contributed by atoms with van der Waals surface area (Å²) in [4.78, 5) is 39.4. The van der Waals surface area contributed by atoms with E-state index in [4.69, 9.17) is 9.47 Å². The summed E-state index contributed by atoms with van der Waals surface area (Å²) in [6.45, 7) is 2.97. The molecule has 0 aliphatic rings. The number of thiazole rings is 1. The van der Waals surface area contributed by atoms with Crippen LogP contribution < -0.4 is 15.4 Å². The molecule has 1 aromatic heterocycles. The minimum atomic E-state index is -0.701. The van der Waals surface area contributed by atoms with Crippen molar-refractivity contribution in [1.82, 2.24) is 15.6 Å². The fourth-order valence-corrected chi connectivity index (χ4v) is 2.84. The maximum Gasteiger partial charge on any atom is 0.358 e. The molecule has 1 aromatic carbocycles. The third kappa shape index (κ3) is 6.37. The van der Waals surface area contributed by atoms with Crippen molar-refractivity contribution in [2.75, 3.05) is 20.3 Å². The van der Waals surface area contributed by atoms with Gasteiger partial charge in [0.1, 0.15) is 10.8 Å². The van der Waals surface area contributed by atoms with Crippen LogP contribution in [0.2, 0.25) is 0 Å². The first-order chi connectivity index (χ1) is 12.9. The van der Waals surface area contributed by atoms with Gasteiger partial charge in [0, 0.05) is 17.0 Å². The molecule has 0 aliphatic carbocycles. The number of hydrogen-bond donors (Lipinski definition) is 2. The Morgan fingerprint density at radius 3 is 2.48 bits per heavy atom. The summed E-state index contributed by atoms with van der Waals surface area (Å²) in [5, 5.41) is 7.23. The van der Waals surface area contributed by atoms with Crippen LogP contribution in [0.3, 0.4) is 0 Å². The Morgan fingerprint density at radius 1 is 1.15 bits per heavy atom. The standard InChI is InChI=1S/C18H21N3O5S/c1-11(2)20-15(22)8-19-16(23)9-26-18(24)14-10-27-17(21-14)12-4-6-13(25-3)7-5-12/h4-7,10-11H,8-9H2,1-3H3,(H,19,23)(H,20,22). The van der Waals surface area contributed by atoms with Gasteiger partial charge in [0.15, 0.2) is 12.3 Å². The van der Waals surface area contributed by atoms with Crippen molar-refractivity contribution < 1.29 is 23.9 Å². The Kier molecular flexibility index (Phi) is 7.30. The van der Waals surface area contributed by atoms with E-state index < -0.39 is 18.5 Å². The van der Waals surface area contributed by atoms with E-state index in [0.29, 0.717) is 5.01 Å². The number of ether oxygens (including phenoxy) is 2. The first-order valence-corrected chi connectivity index (χ1v) is 9.10. The summed E-state index contributed by atoms with van der Waals surface area (Å²) < 4.78 is 10.0.